The van der Waals surface area contributed by atoms with Gasteiger partial charge in [-0.15, -0.1) is 0 Å². The predicted octanol–water partition coefficient (Wildman–Crippen LogP) is 2.22. The Morgan fingerprint density at radius 1 is 1.27 bits per heavy atom. The van der Waals surface area contributed by atoms with Gasteiger partial charge >= 0.3 is 5.97 Å². The monoisotopic (exact) mass is 203 g/mol. The molecule has 0 radical (unpaired) electrons. The first-order valence-corrected chi connectivity index (χ1v) is 5.04. The lowest BCUT2D eigenvalue weighted by Gasteiger charge is -2.12. The predicted molar refractivity (Wildman–Crippen MR) is 57.4 cm³/mol. The molecule has 3 nitrogen and oxygen atoms in total. The van der Waals surface area contributed by atoms with Crippen LogP contribution in [0.25, 0.3) is 0 Å². The summed E-state index contributed by atoms with van der Waals surface area (Å²) in [6, 6.07) is 9.68. The normalized spacial score (nSPS) is 20.3. The molecule has 0 aromatic heterocycles. The Balaban J connectivity index is 2.34. The third-order valence-corrected chi connectivity index (χ3v) is 2.52. The molecule has 2 rings (SSSR count). The van der Waals surface area contributed by atoms with E-state index in [9.17, 15) is 4.79 Å². The molecular weight excluding hydrogens is 190 g/mol. The first-order chi connectivity index (χ1) is 7.20. The third-order valence-electron chi connectivity index (χ3n) is 2.52. The van der Waals surface area contributed by atoms with Crippen LogP contribution in [0.15, 0.2) is 35.5 Å². The van der Waals surface area contributed by atoms with E-state index >= 15 is 0 Å². The van der Waals surface area contributed by atoms with Gasteiger partial charge in [-0.1, -0.05) is 49.3 Å². The largest absolute Gasteiger partial charge is 0.344 e. The molecule has 1 unspecified atom stereocenters. The van der Waals surface area contributed by atoms with Crippen LogP contribution < -0.4 is 0 Å². The zero-order chi connectivity index (χ0) is 10.8. The van der Waals surface area contributed by atoms with Gasteiger partial charge in [-0.2, -0.15) is 0 Å². The highest BCUT2D eigenvalue weighted by atomic mass is 16.7. The lowest BCUT2D eigenvalue weighted by molar-refractivity contribution is -0.144. The van der Waals surface area contributed by atoms with Gasteiger partial charge in [0.25, 0.3) is 0 Å². The van der Waals surface area contributed by atoms with Crippen molar-refractivity contribution in [3.8, 4) is 0 Å². The van der Waals surface area contributed by atoms with Crippen molar-refractivity contribution in [2.45, 2.75) is 13.8 Å². The second kappa shape index (κ2) is 3.85. The Kier molecular flexibility index (Phi) is 2.54. The van der Waals surface area contributed by atoms with Crippen LogP contribution in [0.3, 0.4) is 0 Å². The number of carbonyl (C=O) groups excluding carboxylic acids is 1. The number of hydrogen-bond donors (Lipinski definition) is 0. The van der Waals surface area contributed by atoms with Crippen molar-refractivity contribution in [3.63, 3.8) is 0 Å². The van der Waals surface area contributed by atoms with Gasteiger partial charge in [0, 0.05) is 5.56 Å². The summed E-state index contributed by atoms with van der Waals surface area (Å²) < 4.78 is 0. The van der Waals surface area contributed by atoms with Crippen molar-refractivity contribution in [2.75, 3.05) is 0 Å². The molecule has 78 valence electrons. The lowest BCUT2D eigenvalue weighted by atomic mass is 9.88. The van der Waals surface area contributed by atoms with Gasteiger partial charge < -0.3 is 4.84 Å². The zero-order valence-electron chi connectivity index (χ0n) is 8.81. The highest BCUT2D eigenvalue weighted by Gasteiger charge is 2.35. The third kappa shape index (κ3) is 1.77. The van der Waals surface area contributed by atoms with Crippen molar-refractivity contribution in [1.82, 2.24) is 0 Å². The van der Waals surface area contributed by atoms with Crippen LogP contribution in [-0.4, -0.2) is 11.7 Å². The topological polar surface area (TPSA) is 38.7 Å². The number of nitrogens with zero attached hydrogens (tertiary/aromatic N) is 1. The van der Waals surface area contributed by atoms with E-state index in [1.54, 1.807) is 0 Å². The van der Waals surface area contributed by atoms with E-state index in [4.69, 9.17) is 4.84 Å². The molecule has 1 atom stereocenters. The molecule has 0 saturated carbocycles. The summed E-state index contributed by atoms with van der Waals surface area (Å²) in [6.07, 6.45) is 0. The highest BCUT2D eigenvalue weighted by Crippen LogP contribution is 2.24. The average molecular weight is 203 g/mol. The quantitative estimate of drug-likeness (QED) is 0.691. The Hall–Kier alpha value is -1.64. The molecular formula is C12H13NO2. The molecule has 0 saturated heterocycles. The van der Waals surface area contributed by atoms with Crippen LogP contribution in [0.1, 0.15) is 19.4 Å². The summed E-state index contributed by atoms with van der Waals surface area (Å²) in [5.74, 6) is -0.268. The fraction of sp³-hybridized carbons (Fsp3) is 0.333. The van der Waals surface area contributed by atoms with Gasteiger partial charge in [-0.05, 0) is 5.92 Å². The molecule has 1 aliphatic heterocycles. The number of carbonyl (C=O) groups is 1. The number of rotatable bonds is 2. The van der Waals surface area contributed by atoms with E-state index < -0.39 is 0 Å². The Bertz CT molecular complexity index is 395. The lowest BCUT2D eigenvalue weighted by Crippen LogP contribution is -2.24. The van der Waals surface area contributed by atoms with Gasteiger partial charge in [0.15, 0.2) is 0 Å². The minimum atomic E-state index is -0.246. The van der Waals surface area contributed by atoms with Crippen molar-refractivity contribution in [3.05, 3.63) is 35.9 Å². The first-order valence-electron chi connectivity index (χ1n) is 5.04. The second-order valence-electron chi connectivity index (χ2n) is 3.97. The van der Waals surface area contributed by atoms with Crippen LogP contribution in [0.4, 0.5) is 0 Å². The van der Waals surface area contributed by atoms with E-state index in [0.717, 1.165) is 11.3 Å². The van der Waals surface area contributed by atoms with E-state index in [2.05, 4.69) is 5.16 Å². The molecule has 0 aliphatic carbocycles. The van der Waals surface area contributed by atoms with E-state index in [1.807, 2.05) is 44.2 Å². The molecule has 0 N–H and O–H groups in total. The smallest absolute Gasteiger partial charge is 0.317 e. The maximum absolute atomic E-state index is 11.5. The molecule has 1 aromatic carbocycles. The van der Waals surface area contributed by atoms with E-state index in [-0.39, 0.29) is 17.8 Å². The highest BCUT2D eigenvalue weighted by molar-refractivity contribution is 6.14. The summed E-state index contributed by atoms with van der Waals surface area (Å²) in [5, 5.41) is 3.86. The molecule has 1 heterocycles. The molecule has 0 amide bonds. The second-order valence-corrected chi connectivity index (χ2v) is 3.97. The summed E-state index contributed by atoms with van der Waals surface area (Å²) in [7, 11) is 0. The van der Waals surface area contributed by atoms with Crippen molar-refractivity contribution in [2.24, 2.45) is 17.0 Å². The Labute approximate surface area is 88.7 Å². The zero-order valence-corrected chi connectivity index (χ0v) is 8.81. The number of benzene rings is 1. The first kappa shape index (κ1) is 9.90. The Morgan fingerprint density at radius 3 is 2.53 bits per heavy atom. The summed E-state index contributed by atoms with van der Waals surface area (Å²) in [6.45, 7) is 3.99. The van der Waals surface area contributed by atoms with Gasteiger partial charge in [-0.3, -0.25) is 0 Å². The van der Waals surface area contributed by atoms with E-state index in [0.29, 0.717) is 0 Å². The minimum absolute atomic E-state index is 0.207. The maximum atomic E-state index is 11.5. The number of oxime groups is 1. The van der Waals surface area contributed by atoms with Crippen molar-refractivity contribution >= 4 is 11.7 Å². The van der Waals surface area contributed by atoms with Crippen molar-refractivity contribution in [1.29, 1.82) is 0 Å². The van der Waals surface area contributed by atoms with Gasteiger partial charge in [0.2, 0.25) is 0 Å². The molecule has 0 fully saturated rings. The Morgan fingerprint density at radius 2 is 1.93 bits per heavy atom. The molecule has 0 bridgehead atoms. The summed E-state index contributed by atoms with van der Waals surface area (Å²) >= 11 is 0. The molecule has 3 heteroatoms. The molecule has 1 aliphatic rings. The molecule has 0 spiro atoms. The van der Waals surface area contributed by atoms with Gasteiger partial charge in [0.1, 0.15) is 11.6 Å². The van der Waals surface area contributed by atoms with E-state index in [1.165, 1.54) is 0 Å². The van der Waals surface area contributed by atoms with Gasteiger partial charge in [0.05, 0.1) is 0 Å². The van der Waals surface area contributed by atoms with Crippen LogP contribution in [0.5, 0.6) is 0 Å². The number of hydrogen-bond acceptors (Lipinski definition) is 3. The summed E-state index contributed by atoms with van der Waals surface area (Å²) in [5.41, 5.74) is 1.71. The van der Waals surface area contributed by atoms with Crippen LogP contribution in [-0.2, 0) is 9.63 Å². The average Bonchev–Trinajstić information content (AvgIpc) is 2.61. The fourth-order valence-electron chi connectivity index (χ4n) is 1.75. The fourth-order valence-corrected chi connectivity index (χ4v) is 1.75. The molecule has 1 aromatic rings. The minimum Gasteiger partial charge on any atom is -0.317 e. The van der Waals surface area contributed by atoms with Crippen molar-refractivity contribution < 1.29 is 9.63 Å². The maximum Gasteiger partial charge on any atom is 0.344 e. The van der Waals surface area contributed by atoms with Crippen LogP contribution in [0.2, 0.25) is 0 Å². The van der Waals surface area contributed by atoms with Crippen LogP contribution in [0, 0.1) is 11.8 Å². The summed E-state index contributed by atoms with van der Waals surface area (Å²) in [4.78, 5) is 16.2. The standard InChI is InChI=1S/C12H13NO2/c1-8(2)10-11(13-15-12(10)14)9-6-4-3-5-7-9/h3-8,10H,1-2H3. The SMILES string of the molecule is CC(C)C1C(=O)ON=C1c1ccccc1. The van der Waals surface area contributed by atoms with Crippen LogP contribution >= 0.6 is 0 Å². The van der Waals surface area contributed by atoms with Gasteiger partial charge in [-0.25, -0.2) is 4.79 Å². The molecule has 15 heavy (non-hydrogen) atoms.